The van der Waals surface area contributed by atoms with E-state index in [1.807, 2.05) is 0 Å². The molecule has 0 saturated heterocycles. The Bertz CT molecular complexity index is 601. The zero-order valence-electron chi connectivity index (χ0n) is 17.9. The third-order valence-corrected chi connectivity index (χ3v) is 10.2. The highest BCUT2D eigenvalue weighted by Crippen LogP contribution is 2.15. The van der Waals surface area contributed by atoms with Crippen molar-refractivity contribution in [3.8, 4) is 0 Å². The zero-order valence-corrected chi connectivity index (χ0v) is 18.9. The summed E-state index contributed by atoms with van der Waals surface area (Å²) in [7, 11) is 10.9. The Hall–Kier alpha value is -1.50. The lowest BCUT2D eigenvalue weighted by Crippen LogP contribution is -2.78. The maximum absolute atomic E-state index is 2.63. The van der Waals surface area contributed by atoms with E-state index in [-0.39, 0.29) is 0 Å². The van der Waals surface area contributed by atoms with Gasteiger partial charge in [-0.2, -0.15) is 0 Å². The van der Waals surface area contributed by atoms with Crippen molar-refractivity contribution in [1.82, 2.24) is 18.9 Å². The van der Waals surface area contributed by atoms with Crippen LogP contribution in [-0.2, 0) is 0 Å². The van der Waals surface area contributed by atoms with Gasteiger partial charge in [0.2, 0.25) is 0 Å². The molecule has 4 nitrogen and oxygen atoms in total. The molecule has 27 heavy (non-hydrogen) atoms. The molecule has 0 fully saturated rings. The van der Waals surface area contributed by atoms with Crippen LogP contribution in [0.1, 0.15) is 0 Å². The van der Waals surface area contributed by atoms with E-state index in [9.17, 15) is 0 Å². The molecule has 148 valence electrons. The Morgan fingerprint density at radius 2 is 0.852 bits per heavy atom. The van der Waals surface area contributed by atoms with Crippen LogP contribution in [0.25, 0.3) is 0 Å². The van der Waals surface area contributed by atoms with Crippen LogP contribution in [0.2, 0.25) is 0 Å². The van der Waals surface area contributed by atoms with Crippen LogP contribution in [0.3, 0.4) is 0 Å². The molecule has 0 amide bonds. The molecule has 5 heteroatoms. The maximum atomic E-state index is 2.63. The van der Waals surface area contributed by atoms with E-state index in [1.165, 1.54) is 10.4 Å². The molecule has 0 radical (unpaired) electrons. The maximum Gasteiger partial charge on any atom is 0.272 e. The van der Waals surface area contributed by atoms with Crippen molar-refractivity contribution in [2.24, 2.45) is 0 Å². The number of hydrogen-bond acceptors (Lipinski definition) is 4. The molecule has 2 rings (SSSR count). The molecular weight excluding hydrogens is 348 g/mol. The monoisotopic (exact) mass is 384 g/mol. The number of hydrogen-bond donors (Lipinski definition) is 0. The Morgan fingerprint density at radius 3 is 1.15 bits per heavy atom. The zero-order chi connectivity index (χ0) is 19.9. The van der Waals surface area contributed by atoms with Crippen molar-refractivity contribution in [2.45, 2.75) is 0 Å². The first kappa shape index (κ1) is 21.8. The van der Waals surface area contributed by atoms with E-state index >= 15 is 0 Å². The van der Waals surface area contributed by atoms with Crippen LogP contribution >= 0.6 is 0 Å². The summed E-state index contributed by atoms with van der Waals surface area (Å²) in [5.74, 6) is 0. The Morgan fingerprint density at radius 1 is 0.519 bits per heavy atom. The SMILES string of the molecule is CN(C)CCN(C)[Si](c1ccccc1)(c1ccccc1)N(C)CCN(C)C. The lowest BCUT2D eigenvalue weighted by Gasteiger charge is -2.47. The lowest BCUT2D eigenvalue weighted by molar-refractivity contribution is 0.319. The molecule has 0 unspecified atom stereocenters. The first-order chi connectivity index (χ1) is 12.9. The lowest BCUT2D eigenvalue weighted by atomic mass is 10.4. The van der Waals surface area contributed by atoms with Crippen molar-refractivity contribution in [2.75, 3.05) is 68.5 Å². The normalized spacial score (nSPS) is 12.5. The van der Waals surface area contributed by atoms with Crippen LogP contribution in [0.15, 0.2) is 60.7 Å². The fraction of sp³-hybridized carbons (Fsp3) is 0.455. The predicted octanol–water partition coefficient (Wildman–Crippen LogP) is 1.23. The number of nitrogens with zero attached hydrogens (tertiary/aromatic N) is 4. The standard InChI is InChI=1S/C22H36N4Si/c1-23(2)17-19-25(5)27(21-13-9-7-10-14-21,22-15-11-8-12-16-22)26(6)20-18-24(3)4/h7-16H,17-20H2,1-6H3. The van der Waals surface area contributed by atoms with Crippen molar-refractivity contribution in [1.29, 1.82) is 0 Å². The highest BCUT2D eigenvalue weighted by Gasteiger charge is 2.46. The molecule has 2 aromatic carbocycles. The second-order valence-corrected chi connectivity index (χ2v) is 11.9. The summed E-state index contributed by atoms with van der Waals surface area (Å²) in [5.41, 5.74) is 0. The summed E-state index contributed by atoms with van der Waals surface area (Å²) < 4.78 is 5.26. The van der Waals surface area contributed by atoms with E-state index in [0.29, 0.717) is 0 Å². The minimum absolute atomic E-state index is 1.04. The molecule has 0 atom stereocenters. The van der Waals surface area contributed by atoms with Gasteiger partial charge in [-0.25, -0.2) is 0 Å². The molecule has 0 bridgehead atoms. The van der Waals surface area contributed by atoms with Gasteiger partial charge in [-0.1, -0.05) is 60.7 Å². The van der Waals surface area contributed by atoms with Gasteiger partial charge in [-0.05, 0) is 52.7 Å². The summed E-state index contributed by atoms with van der Waals surface area (Å²) in [6, 6.07) is 22.2. The van der Waals surface area contributed by atoms with Gasteiger partial charge in [0, 0.05) is 26.2 Å². The second-order valence-electron chi connectivity index (χ2n) is 7.85. The molecule has 0 aliphatic rings. The van der Waals surface area contributed by atoms with Gasteiger partial charge < -0.3 is 18.9 Å². The Balaban J connectivity index is 2.57. The van der Waals surface area contributed by atoms with Crippen molar-refractivity contribution >= 4 is 18.8 Å². The number of benzene rings is 2. The second kappa shape index (κ2) is 10.2. The van der Waals surface area contributed by atoms with Crippen LogP contribution in [0.5, 0.6) is 0 Å². The number of likely N-dealkylation sites (N-methyl/N-ethyl adjacent to an activating group) is 4. The average molecular weight is 385 g/mol. The highest BCUT2D eigenvalue weighted by molar-refractivity contribution is 6.97. The minimum Gasteiger partial charge on any atom is -0.308 e. The molecule has 0 aromatic heterocycles. The van der Waals surface area contributed by atoms with Crippen LogP contribution in [0, 0.1) is 0 Å². The minimum atomic E-state index is -2.27. The number of rotatable bonds is 10. The van der Waals surface area contributed by atoms with Gasteiger partial charge in [0.1, 0.15) is 0 Å². The van der Waals surface area contributed by atoms with Gasteiger partial charge in [0.15, 0.2) is 0 Å². The van der Waals surface area contributed by atoms with Crippen molar-refractivity contribution in [3.63, 3.8) is 0 Å². The summed E-state index contributed by atoms with van der Waals surface area (Å²) in [5, 5.41) is 2.89. The molecule has 0 saturated carbocycles. The summed E-state index contributed by atoms with van der Waals surface area (Å²) in [4.78, 5) is 4.54. The van der Waals surface area contributed by atoms with E-state index in [4.69, 9.17) is 0 Å². The Kier molecular flexibility index (Phi) is 8.20. The van der Waals surface area contributed by atoms with Crippen molar-refractivity contribution < 1.29 is 0 Å². The summed E-state index contributed by atoms with van der Waals surface area (Å²) >= 11 is 0. The smallest absolute Gasteiger partial charge is 0.272 e. The molecule has 0 aliphatic heterocycles. The van der Waals surface area contributed by atoms with E-state index < -0.39 is 8.40 Å². The van der Waals surface area contributed by atoms with Gasteiger partial charge >= 0.3 is 0 Å². The first-order valence-corrected chi connectivity index (χ1v) is 11.6. The topological polar surface area (TPSA) is 13.0 Å². The van der Waals surface area contributed by atoms with Crippen LogP contribution < -0.4 is 10.4 Å². The van der Waals surface area contributed by atoms with E-state index in [0.717, 1.165) is 26.2 Å². The molecule has 0 spiro atoms. The molecule has 2 aromatic rings. The molecular formula is C22H36N4Si. The third kappa shape index (κ3) is 5.27. The van der Waals surface area contributed by atoms with Crippen LogP contribution in [0.4, 0.5) is 0 Å². The van der Waals surface area contributed by atoms with Crippen LogP contribution in [-0.4, -0.2) is 95.8 Å². The van der Waals surface area contributed by atoms with Gasteiger partial charge in [0.25, 0.3) is 8.40 Å². The van der Waals surface area contributed by atoms with Gasteiger partial charge in [-0.15, -0.1) is 0 Å². The van der Waals surface area contributed by atoms with E-state index in [1.54, 1.807) is 0 Å². The van der Waals surface area contributed by atoms with E-state index in [2.05, 4.69) is 122 Å². The van der Waals surface area contributed by atoms with Gasteiger partial charge in [-0.3, -0.25) is 0 Å². The fourth-order valence-electron chi connectivity index (χ4n) is 3.70. The molecule has 0 heterocycles. The fourth-order valence-corrected chi connectivity index (χ4v) is 8.55. The quantitative estimate of drug-likeness (QED) is 0.571. The largest absolute Gasteiger partial charge is 0.308 e. The molecule has 0 aliphatic carbocycles. The van der Waals surface area contributed by atoms with Gasteiger partial charge in [0.05, 0.1) is 0 Å². The van der Waals surface area contributed by atoms with Crippen molar-refractivity contribution in [3.05, 3.63) is 60.7 Å². The molecule has 0 N–H and O–H groups in total. The summed E-state index contributed by atoms with van der Waals surface area (Å²) in [6.45, 7) is 4.17. The Labute approximate surface area is 167 Å². The third-order valence-electron chi connectivity index (χ3n) is 5.22. The average Bonchev–Trinajstić information content (AvgIpc) is 2.67. The first-order valence-electron chi connectivity index (χ1n) is 9.72. The summed E-state index contributed by atoms with van der Waals surface area (Å²) in [6.07, 6.45) is 0. The predicted molar refractivity (Wildman–Crippen MR) is 120 cm³/mol. The highest BCUT2D eigenvalue weighted by atomic mass is 28.3.